The largest absolute Gasteiger partial charge is 0.872 e. The highest BCUT2D eigenvalue weighted by atomic mass is 16.6. The number of benzene rings is 2. The van der Waals surface area contributed by atoms with E-state index < -0.39 is 17.8 Å². The predicted octanol–water partition coefficient (Wildman–Crippen LogP) is 2.07. The SMILES string of the molecule is O=C(Nc1ccc(C(=O)O)c([O-])c1)Oc1ccccc1. The highest BCUT2D eigenvalue weighted by Gasteiger charge is 2.07. The van der Waals surface area contributed by atoms with Crippen molar-refractivity contribution in [1.82, 2.24) is 0 Å². The van der Waals surface area contributed by atoms with Gasteiger partial charge in [0.25, 0.3) is 0 Å². The van der Waals surface area contributed by atoms with E-state index in [1.807, 2.05) is 0 Å². The third-order valence-electron chi connectivity index (χ3n) is 2.41. The van der Waals surface area contributed by atoms with Gasteiger partial charge in [-0.2, -0.15) is 0 Å². The number of amides is 1. The van der Waals surface area contributed by atoms with Crippen molar-refractivity contribution >= 4 is 17.7 Å². The quantitative estimate of drug-likeness (QED) is 0.891. The molecule has 0 saturated heterocycles. The van der Waals surface area contributed by atoms with E-state index in [1.54, 1.807) is 30.3 Å². The standard InChI is InChI=1S/C14H11NO5/c16-12-8-9(6-7-11(12)13(17)18)15-14(19)20-10-4-2-1-3-5-10/h1-8,16H,(H,15,19)(H,17,18)/p-1. The van der Waals surface area contributed by atoms with Gasteiger partial charge >= 0.3 is 12.1 Å². The highest BCUT2D eigenvalue weighted by Crippen LogP contribution is 2.20. The highest BCUT2D eigenvalue weighted by molar-refractivity contribution is 5.92. The molecule has 0 saturated carbocycles. The Kier molecular flexibility index (Phi) is 3.85. The number of para-hydroxylation sites is 1. The van der Waals surface area contributed by atoms with Crippen LogP contribution in [-0.2, 0) is 0 Å². The van der Waals surface area contributed by atoms with Crippen molar-refractivity contribution in [1.29, 1.82) is 0 Å². The Labute approximate surface area is 114 Å². The van der Waals surface area contributed by atoms with E-state index in [-0.39, 0.29) is 11.3 Å². The summed E-state index contributed by atoms with van der Waals surface area (Å²) in [6.45, 7) is 0. The first-order valence-corrected chi connectivity index (χ1v) is 5.64. The molecule has 0 aliphatic rings. The first-order chi connectivity index (χ1) is 9.56. The van der Waals surface area contributed by atoms with Crippen molar-refractivity contribution in [2.75, 3.05) is 5.32 Å². The molecule has 0 bridgehead atoms. The number of rotatable bonds is 3. The molecule has 0 aliphatic carbocycles. The van der Waals surface area contributed by atoms with Crippen LogP contribution in [0.3, 0.4) is 0 Å². The molecule has 0 unspecified atom stereocenters. The van der Waals surface area contributed by atoms with E-state index >= 15 is 0 Å². The average Bonchev–Trinajstić information content (AvgIpc) is 2.39. The van der Waals surface area contributed by atoms with Gasteiger partial charge in [-0.05, 0) is 30.3 Å². The topological polar surface area (TPSA) is 98.7 Å². The van der Waals surface area contributed by atoms with Crippen LogP contribution < -0.4 is 15.2 Å². The molecule has 2 aromatic carbocycles. The zero-order valence-electron chi connectivity index (χ0n) is 10.2. The van der Waals surface area contributed by atoms with Gasteiger partial charge in [-0.3, -0.25) is 5.32 Å². The van der Waals surface area contributed by atoms with E-state index in [2.05, 4.69) is 5.32 Å². The summed E-state index contributed by atoms with van der Waals surface area (Å²) in [5.41, 5.74) is -0.187. The van der Waals surface area contributed by atoms with E-state index in [1.165, 1.54) is 6.07 Å². The van der Waals surface area contributed by atoms with Crippen molar-refractivity contribution in [2.24, 2.45) is 0 Å². The fourth-order valence-corrected chi connectivity index (χ4v) is 1.52. The number of anilines is 1. The summed E-state index contributed by atoms with van der Waals surface area (Å²) in [7, 11) is 0. The van der Waals surface area contributed by atoms with Crippen LogP contribution >= 0.6 is 0 Å². The monoisotopic (exact) mass is 272 g/mol. The van der Waals surface area contributed by atoms with Gasteiger partial charge in [0.2, 0.25) is 0 Å². The van der Waals surface area contributed by atoms with Gasteiger partial charge in [0, 0.05) is 5.69 Å². The van der Waals surface area contributed by atoms with Crippen LogP contribution in [0, 0.1) is 0 Å². The molecule has 0 fully saturated rings. The number of nitrogens with one attached hydrogen (secondary N) is 1. The van der Waals surface area contributed by atoms with Crippen molar-refractivity contribution in [3.05, 3.63) is 54.1 Å². The Bertz CT molecular complexity index is 639. The van der Waals surface area contributed by atoms with E-state index in [9.17, 15) is 14.7 Å². The summed E-state index contributed by atoms with van der Waals surface area (Å²) in [6.07, 6.45) is -0.765. The van der Waals surface area contributed by atoms with Crippen LogP contribution in [-0.4, -0.2) is 17.2 Å². The number of carbonyl (C=O) groups is 2. The second-order valence-electron chi connectivity index (χ2n) is 3.84. The second kappa shape index (κ2) is 5.75. The number of carbonyl (C=O) groups excluding carboxylic acids is 1. The van der Waals surface area contributed by atoms with Crippen LogP contribution in [0.2, 0.25) is 0 Å². The summed E-state index contributed by atoms with van der Waals surface area (Å²) >= 11 is 0. The van der Waals surface area contributed by atoms with Gasteiger partial charge in [0.05, 0.1) is 5.56 Å². The molecule has 102 valence electrons. The number of hydrogen-bond donors (Lipinski definition) is 2. The van der Waals surface area contributed by atoms with Crippen LogP contribution in [0.4, 0.5) is 10.5 Å². The van der Waals surface area contributed by atoms with Gasteiger partial charge in [-0.25, -0.2) is 9.59 Å². The Morgan fingerprint density at radius 1 is 1.10 bits per heavy atom. The lowest BCUT2D eigenvalue weighted by Gasteiger charge is -2.12. The molecule has 0 aliphatic heterocycles. The molecule has 0 radical (unpaired) electrons. The number of ether oxygens (including phenoxy) is 1. The molecule has 6 nitrogen and oxygen atoms in total. The van der Waals surface area contributed by atoms with Gasteiger partial charge in [-0.1, -0.05) is 23.9 Å². The smallest absolute Gasteiger partial charge is 0.417 e. The number of aromatic carboxylic acids is 1. The Balaban J connectivity index is 2.05. The van der Waals surface area contributed by atoms with Crippen molar-refractivity contribution < 1.29 is 24.5 Å². The zero-order chi connectivity index (χ0) is 14.5. The summed E-state index contributed by atoms with van der Waals surface area (Å²) in [4.78, 5) is 22.2. The molecule has 0 atom stereocenters. The van der Waals surface area contributed by atoms with E-state index in [0.29, 0.717) is 5.75 Å². The number of carboxylic acid groups (broad SMARTS) is 1. The predicted molar refractivity (Wildman–Crippen MR) is 68.9 cm³/mol. The Morgan fingerprint density at radius 3 is 2.40 bits per heavy atom. The third-order valence-corrected chi connectivity index (χ3v) is 2.41. The molecular formula is C14H10NO5-. The lowest BCUT2D eigenvalue weighted by atomic mass is 10.2. The summed E-state index contributed by atoms with van der Waals surface area (Å²) < 4.78 is 4.97. The van der Waals surface area contributed by atoms with Crippen LogP contribution in [0.1, 0.15) is 10.4 Å². The second-order valence-corrected chi connectivity index (χ2v) is 3.84. The van der Waals surface area contributed by atoms with Crippen molar-refractivity contribution in [2.45, 2.75) is 0 Å². The van der Waals surface area contributed by atoms with Crippen LogP contribution in [0.5, 0.6) is 11.5 Å². The Morgan fingerprint density at radius 2 is 1.80 bits per heavy atom. The molecule has 6 heteroatoms. The normalized spacial score (nSPS) is 9.80. The molecular weight excluding hydrogens is 262 g/mol. The lowest BCUT2D eigenvalue weighted by molar-refractivity contribution is -0.268. The van der Waals surface area contributed by atoms with E-state index in [0.717, 1.165) is 12.1 Å². The third kappa shape index (κ3) is 3.26. The Hall–Kier alpha value is -3.02. The summed E-state index contributed by atoms with van der Waals surface area (Å²) in [6, 6.07) is 11.9. The summed E-state index contributed by atoms with van der Waals surface area (Å²) in [5, 5.41) is 22.5. The first kappa shape index (κ1) is 13.4. The lowest BCUT2D eigenvalue weighted by Crippen LogP contribution is -2.17. The number of hydrogen-bond acceptors (Lipinski definition) is 4. The first-order valence-electron chi connectivity index (χ1n) is 5.64. The van der Waals surface area contributed by atoms with Crippen LogP contribution in [0.15, 0.2) is 48.5 Å². The molecule has 2 N–H and O–H groups in total. The van der Waals surface area contributed by atoms with Crippen molar-refractivity contribution in [3.8, 4) is 11.5 Å². The maximum Gasteiger partial charge on any atom is 0.417 e. The fourth-order valence-electron chi connectivity index (χ4n) is 1.52. The molecule has 0 aromatic heterocycles. The molecule has 0 heterocycles. The minimum atomic E-state index is -1.31. The minimum Gasteiger partial charge on any atom is -0.872 e. The summed E-state index contributed by atoms with van der Waals surface area (Å²) in [5.74, 6) is -1.64. The van der Waals surface area contributed by atoms with Crippen molar-refractivity contribution in [3.63, 3.8) is 0 Å². The maximum atomic E-state index is 11.6. The fraction of sp³-hybridized carbons (Fsp3) is 0. The van der Waals surface area contributed by atoms with Crippen LogP contribution in [0.25, 0.3) is 0 Å². The van der Waals surface area contributed by atoms with Gasteiger partial charge in [0.1, 0.15) is 5.75 Å². The molecule has 20 heavy (non-hydrogen) atoms. The molecule has 2 aromatic rings. The molecule has 0 spiro atoms. The average molecular weight is 272 g/mol. The molecule has 1 amide bonds. The zero-order valence-corrected chi connectivity index (χ0v) is 10.2. The number of carboxylic acids is 1. The minimum absolute atomic E-state index is 0.168. The molecule has 2 rings (SSSR count). The maximum absolute atomic E-state index is 11.6. The van der Waals surface area contributed by atoms with Gasteiger partial charge in [-0.15, -0.1) is 0 Å². The van der Waals surface area contributed by atoms with E-state index in [4.69, 9.17) is 9.84 Å². The van der Waals surface area contributed by atoms with Gasteiger partial charge < -0.3 is 14.9 Å². The van der Waals surface area contributed by atoms with Gasteiger partial charge in [0.15, 0.2) is 0 Å².